The molecule has 0 radical (unpaired) electrons. The Labute approximate surface area is 94.8 Å². The third kappa shape index (κ3) is 2.40. The molecule has 0 fully saturated rings. The molecule has 2 rings (SSSR count). The number of pyridine rings is 1. The van der Waals surface area contributed by atoms with E-state index in [0.717, 1.165) is 10.0 Å². The minimum Gasteiger partial charge on any atom is -0.339 e. The summed E-state index contributed by atoms with van der Waals surface area (Å²) in [5.41, 5.74) is 6.20. The molecule has 0 bridgehead atoms. The molecule has 2 aromatic heterocycles. The van der Waals surface area contributed by atoms with Crippen LogP contribution in [0, 0.1) is 0 Å². The Bertz CT molecular complexity index is 457. The molecule has 0 aliphatic carbocycles. The van der Waals surface area contributed by atoms with Crippen molar-refractivity contribution < 1.29 is 4.52 Å². The fraction of sp³-hybridized carbons (Fsp3) is 0.222. The van der Waals surface area contributed by atoms with E-state index in [1.807, 2.05) is 6.07 Å². The zero-order chi connectivity index (χ0) is 10.7. The fourth-order valence-electron chi connectivity index (χ4n) is 1.13. The predicted molar refractivity (Wildman–Crippen MR) is 58.0 cm³/mol. The van der Waals surface area contributed by atoms with Crippen molar-refractivity contribution in [2.24, 2.45) is 5.73 Å². The van der Waals surface area contributed by atoms with Crippen molar-refractivity contribution >= 4 is 15.9 Å². The number of halogens is 1. The molecule has 0 atom stereocenters. The van der Waals surface area contributed by atoms with Gasteiger partial charge in [0.1, 0.15) is 0 Å². The van der Waals surface area contributed by atoms with Crippen LogP contribution in [0.2, 0.25) is 0 Å². The van der Waals surface area contributed by atoms with Crippen LogP contribution in [0.4, 0.5) is 0 Å². The Kier molecular flexibility index (Phi) is 3.08. The van der Waals surface area contributed by atoms with E-state index in [-0.39, 0.29) is 0 Å². The first-order valence-corrected chi connectivity index (χ1v) is 5.22. The normalized spacial score (nSPS) is 10.5. The van der Waals surface area contributed by atoms with Crippen LogP contribution < -0.4 is 5.73 Å². The van der Waals surface area contributed by atoms with Gasteiger partial charge in [-0.1, -0.05) is 5.16 Å². The molecule has 2 heterocycles. The van der Waals surface area contributed by atoms with Gasteiger partial charge in [0.05, 0.1) is 0 Å². The topological polar surface area (TPSA) is 77.8 Å². The Balaban J connectivity index is 2.29. The molecular formula is C9H9BrN4O. The quantitative estimate of drug-likeness (QED) is 0.911. The predicted octanol–water partition coefficient (Wildman–Crippen LogP) is 1.40. The zero-order valence-electron chi connectivity index (χ0n) is 7.85. The van der Waals surface area contributed by atoms with E-state index in [9.17, 15) is 0 Å². The molecule has 0 saturated heterocycles. The molecule has 0 aliphatic heterocycles. The van der Waals surface area contributed by atoms with Gasteiger partial charge in [-0.05, 0) is 22.0 Å². The van der Waals surface area contributed by atoms with Gasteiger partial charge in [0.25, 0.3) is 0 Å². The molecule has 0 unspecified atom stereocenters. The monoisotopic (exact) mass is 268 g/mol. The lowest BCUT2D eigenvalue weighted by Gasteiger charge is -1.93. The summed E-state index contributed by atoms with van der Waals surface area (Å²) in [6, 6.07) is 1.88. The molecule has 0 amide bonds. The molecule has 0 saturated carbocycles. The number of aromatic nitrogens is 3. The summed E-state index contributed by atoms with van der Waals surface area (Å²) in [5.74, 6) is 1.08. The molecular weight excluding hydrogens is 260 g/mol. The van der Waals surface area contributed by atoms with E-state index in [2.05, 4.69) is 31.1 Å². The minimum atomic E-state index is 0.498. The van der Waals surface area contributed by atoms with E-state index in [1.54, 1.807) is 12.4 Å². The molecule has 5 nitrogen and oxygen atoms in total. The number of nitrogens with zero attached hydrogens (tertiary/aromatic N) is 3. The van der Waals surface area contributed by atoms with Crippen molar-refractivity contribution in [3.63, 3.8) is 0 Å². The summed E-state index contributed by atoms with van der Waals surface area (Å²) >= 11 is 3.33. The molecule has 0 aromatic carbocycles. The van der Waals surface area contributed by atoms with Crippen LogP contribution in [0.15, 0.2) is 27.5 Å². The Morgan fingerprint density at radius 2 is 2.27 bits per heavy atom. The second-order valence-electron chi connectivity index (χ2n) is 2.94. The largest absolute Gasteiger partial charge is 0.339 e. The average molecular weight is 269 g/mol. The summed E-state index contributed by atoms with van der Waals surface area (Å²) in [6.07, 6.45) is 3.97. The van der Waals surface area contributed by atoms with Crippen LogP contribution in [-0.4, -0.2) is 21.7 Å². The van der Waals surface area contributed by atoms with Crippen molar-refractivity contribution in [1.82, 2.24) is 15.1 Å². The first-order chi connectivity index (χ1) is 7.29. The molecule has 6 heteroatoms. The van der Waals surface area contributed by atoms with Crippen molar-refractivity contribution in [3.05, 3.63) is 28.8 Å². The second kappa shape index (κ2) is 4.50. The van der Waals surface area contributed by atoms with Gasteiger partial charge in [0, 0.05) is 35.4 Å². The van der Waals surface area contributed by atoms with E-state index in [0.29, 0.717) is 24.7 Å². The van der Waals surface area contributed by atoms with Crippen LogP contribution in [0.3, 0.4) is 0 Å². The van der Waals surface area contributed by atoms with E-state index >= 15 is 0 Å². The maximum absolute atomic E-state index is 5.38. The zero-order valence-corrected chi connectivity index (χ0v) is 9.44. The number of rotatable bonds is 3. The average Bonchev–Trinajstić information content (AvgIpc) is 2.67. The van der Waals surface area contributed by atoms with Crippen molar-refractivity contribution in [2.75, 3.05) is 6.54 Å². The lowest BCUT2D eigenvalue weighted by Crippen LogP contribution is -2.02. The van der Waals surface area contributed by atoms with Gasteiger partial charge in [-0.15, -0.1) is 0 Å². The standard InChI is InChI=1S/C9H9BrN4O/c10-7-3-6(4-12-5-7)9-13-8(1-2-11)15-14-9/h3-5H,1-2,11H2. The molecule has 0 aliphatic rings. The van der Waals surface area contributed by atoms with Crippen LogP contribution >= 0.6 is 15.9 Å². The highest BCUT2D eigenvalue weighted by molar-refractivity contribution is 9.10. The lowest BCUT2D eigenvalue weighted by atomic mass is 10.3. The fourth-order valence-corrected chi connectivity index (χ4v) is 1.50. The maximum atomic E-state index is 5.38. The molecule has 2 N–H and O–H groups in total. The van der Waals surface area contributed by atoms with Gasteiger partial charge in [-0.3, -0.25) is 4.98 Å². The third-order valence-corrected chi connectivity index (χ3v) is 2.22. The first kappa shape index (κ1) is 10.3. The van der Waals surface area contributed by atoms with Crippen molar-refractivity contribution in [2.45, 2.75) is 6.42 Å². The summed E-state index contributed by atoms with van der Waals surface area (Å²) in [5, 5.41) is 3.84. The van der Waals surface area contributed by atoms with Gasteiger partial charge in [0.2, 0.25) is 11.7 Å². The number of hydrogen-bond acceptors (Lipinski definition) is 5. The van der Waals surface area contributed by atoms with Crippen LogP contribution in [0.5, 0.6) is 0 Å². The van der Waals surface area contributed by atoms with Crippen molar-refractivity contribution in [1.29, 1.82) is 0 Å². The van der Waals surface area contributed by atoms with Crippen molar-refractivity contribution in [3.8, 4) is 11.4 Å². The highest BCUT2D eigenvalue weighted by Crippen LogP contribution is 2.18. The first-order valence-electron chi connectivity index (χ1n) is 4.43. The van der Waals surface area contributed by atoms with E-state index < -0.39 is 0 Å². The van der Waals surface area contributed by atoms with Gasteiger partial charge >= 0.3 is 0 Å². The van der Waals surface area contributed by atoms with Gasteiger partial charge in [-0.2, -0.15) is 4.98 Å². The smallest absolute Gasteiger partial charge is 0.228 e. The molecule has 78 valence electrons. The molecule has 15 heavy (non-hydrogen) atoms. The highest BCUT2D eigenvalue weighted by Gasteiger charge is 2.08. The highest BCUT2D eigenvalue weighted by atomic mass is 79.9. The van der Waals surface area contributed by atoms with E-state index in [1.165, 1.54) is 0 Å². The summed E-state index contributed by atoms with van der Waals surface area (Å²) in [6.45, 7) is 0.498. The molecule has 2 aromatic rings. The van der Waals surface area contributed by atoms with Crippen LogP contribution in [-0.2, 0) is 6.42 Å². The van der Waals surface area contributed by atoms with Gasteiger partial charge in [0.15, 0.2) is 0 Å². The summed E-state index contributed by atoms with van der Waals surface area (Å²) in [7, 11) is 0. The Morgan fingerprint density at radius 3 is 3.00 bits per heavy atom. The van der Waals surface area contributed by atoms with Gasteiger partial charge < -0.3 is 10.3 Å². The maximum Gasteiger partial charge on any atom is 0.228 e. The summed E-state index contributed by atoms with van der Waals surface area (Å²) in [4.78, 5) is 8.22. The third-order valence-electron chi connectivity index (χ3n) is 1.79. The number of hydrogen-bond donors (Lipinski definition) is 1. The second-order valence-corrected chi connectivity index (χ2v) is 3.86. The van der Waals surface area contributed by atoms with Crippen LogP contribution in [0.1, 0.15) is 5.89 Å². The van der Waals surface area contributed by atoms with Crippen LogP contribution in [0.25, 0.3) is 11.4 Å². The summed E-state index contributed by atoms with van der Waals surface area (Å²) < 4.78 is 5.89. The lowest BCUT2D eigenvalue weighted by molar-refractivity contribution is 0.380. The van der Waals surface area contributed by atoms with Gasteiger partial charge in [-0.25, -0.2) is 0 Å². The Hall–Kier alpha value is -1.27. The minimum absolute atomic E-state index is 0.498. The Morgan fingerprint density at radius 1 is 1.40 bits per heavy atom. The number of nitrogens with two attached hydrogens (primary N) is 1. The van der Waals surface area contributed by atoms with E-state index in [4.69, 9.17) is 10.3 Å². The molecule has 0 spiro atoms. The SMILES string of the molecule is NCCc1nc(-c2cncc(Br)c2)no1.